The zero-order valence-electron chi connectivity index (χ0n) is 21.0. The van der Waals surface area contributed by atoms with E-state index in [0.717, 1.165) is 0 Å². The highest BCUT2D eigenvalue weighted by atomic mass is 35.5. The molecule has 0 saturated carbocycles. The Hall–Kier alpha value is -2.86. The van der Waals surface area contributed by atoms with Crippen molar-refractivity contribution in [3.63, 3.8) is 0 Å². The Kier molecular flexibility index (Phi) is 8.83. The molecule has 12 nitrogen and oxygen atoms in total. The molecule has 36 heavy (non-hydrogen) atoms. The summed E-state index contributed by atoms with van der Waals surface area (Å²) in [6.45, 7) is 10.1. The minimum Gasteiger partial charge on any atom is -0.472 e. The maximum Gasteiger partial charge on any atom is 0.410 e. The van der Waals surface area contributed by atoms with Crippen LogP contribution in [0.2, 0.25) is 10.3 Å². The zero-order valence-corrected chi connectivity index (χ0v) is 22.5. The number of piperidine rings is 1. The molecule has 14 heteroatoms. The molecule has 0 spiro atoms. The van der Waals surface area contributed by atoms with E-state index in [2.05, 4.69) is 20.4 Å². The number of carbonyl (C=O) groups is 1. The number of hydrogen-bond donors (Lipinski definition) is 1. The van der Waals surface area contributed by atoms with Gasteiger partial charge in [-0.15, -0.1) is 5.10 Å². The number of anilines is 1. The number of hydrogen-bond acceptors (Lipinski definition) is 9. The Morgan fingerprint density at radius 2 is 2.00 bits per heavy atom. The molecule has 1 N–H and O–H groups in total. The number of likely N-dealkylation sites (tertiary alicyclic amines) is 1. The van der Waals surface area contributed by atoms with Crippen molar-refractivity contribution in [2.24, 2.45) is 0 Å². The number of carbonyl (C=O) groups excluding carboxylic acids is 1. The lowest BCUT2D eigenvalue weighted by atomic mass is 10.1. The summed E-state index contributed by atoms with van der Waals surface area (Å²) in [4.78, 5) is 33.1. The summed E-state index contributed by atoms with van der Waals surface area (Å²) < 4.78 is 12.8. The van der Waals surface area contributed by atoms with E-state index >= 15 is 0 Å². The average Bonchev–Trinajstić information content (AvgIpc) is 3.11. The van der Waals surface area contributed by atoms with Gasteiger partial charge in [0.25, 0.3) is 0 Å². The van der Waals surface area contributed by atoms with Crippen LogP contribution in [0.5, 0.6) is 5.88 Å². The molecular formula is C22H31Cl2N7O5. The van der Waals surface area contributed by atoms with Gasteiger partial charge in [-0.3, -0.25) is 14.8 Å². The lowest BCUT2D eigenvalue weighted by molar-refractivity contribution is -0.386. The van der Waals surface area contributed by atoms with Gasteiger partial charge in [-0.1, -0.05) is 11.6 Å². The second kappa shape index (κ2) is 11.5. The van der Waals surface area contributed by atoms with Crippen LogP contribution in [-0.2, 0) is 4.74 Å². The van der Waals surface area contributed by atoms with E-state index in [1.807, 2.05) is 27.7 Å². The molecule has 1 aliphatic heterocycles. The second-order valence-corrected chi connectivity index (χ2v) is 10.4. The highest BCUT2D eigenvalue weighted by Crippen LogP contribution is 2.34. The first-order valence-corrected chi connectivity index (χ1v) is 12.4. The molecule has 2 aromatic heterocycles. The van der Waals surface area contributed by atoms with Crippen molar-refractivity contribution in [2.45, 2.75) is 71.6 Å². The smallest absolute Gasteiger partial charge is 0.410 e. The van der Waals surface area contributed by atoms with Gasteiger partial charge < -0.3 is 19.7 Å². The Labute approximate surface area is 219 Å². The van der Waals surface area contributed by atoms with Crippen molar-refractivity contribution in [2.75, 3.05) is 25.0 Å². The Morgan fingerprint density at radius 1 is 1.33 bits per heavy atom. The lowest BCUT2D eigenvalue weighted by Crippen LogP contribution is -2.42. The molecular weight excluding hydrogens is 513 g/mol. The number of halogens is 2. The van der Waals surface area contributed by atoms with Crippen LogP contribution < -0.4 is 10.1 Å². The molecule has 3 rings (SSSR count). The van der Waals surface area contributed by atoms with Crippen LogP contribution in [0.15, 0.2) is 6.20 Å². The van der Waals surface area contributed by atoms with Crippen LogP contribution in [0.25, 0.3) is 0 Å². The van der Waals surface area contributed by atoms with E-state index in [-0.39, 0.29) is 41.6 Å². The normalized spacial score (nSPS) is 15.5. The molecule has 0 unspecified atom stereocenters. The molecule has 1 saturated heterocycles. The van der Waals surface area contributed by atoms with Crippen molar-refractivity contribution in [1.29, 1.82) is 0 Å². The molecule has 0 bridgehead atoms. The first kappa shape index (κ1) is 27.7. The van der Waals surface area contributed by atoms with Gasteiger partial charge in [0.15, 0.2) is 0 Å². The Bertz CT molecular complexity index is 1100. The van der Waals surface area contributed by atoms with Gasteiger partial charge in [-0.2, -0.15) is 4.98 Å². The number of ether oxygens (including phenoxy) is 2. The largest absolute Gasteiger partial charge is 0.472 e. The monoisotopic (exact) mass is 543 g/mol. The number of nitrogens with zero attached hydrogens (tertiary/aromatic N) is 6. The summed E-state index contributed by atoms with van der Waals surface area (Å²) in [5.41, 5.74) is -0.310. The van der Waals surface area contributed by atoms with Crippen molar-refractivity contribution < 1.29 is 19.2 Å². The molecule has 0 aromatic carbocycles. The molecule has 1 amide bonds. The summed E-state index contributed by atoms with van der Waals surface area (Å²) in [7, 11) is 0. The number of aromatic nitrogens is 4. The van der Waals surface area contributed by atoms with Crippen molar-refractivity contribution in [1.82, 2.24) is 24.6 Å². The van der Waals surface area contributed by atoms with E-state index in [1.165, 1.54) is 6.20 Å². The standard InChI is InChI=1S/C22H31Cl2N7O5/c1-13(26-18-16(23)12-25-20(24)27-18)8-11-35-19-17(31(33)34)14(2)30(28-19)15-6-9-29(10-7-15)21(32)36-22(3,4)5/h12-13,15H,6-11H2,1-5H3,(H,25,26,27)/t13-/m1/s1. The summed E-state index contributed by atoms with van der Waals surface area (Å²) >= 11 is 11.9. The predicted molar refractivity (Wildman–Crippen MR) is 135 cm³/mol. The minimum absolute atomic E-state index is 0.0256. The fourth-order valence-corrected chi connectivity index (χ4v) is 4.13. The van der Waals surface area contributed by atoms with Crippen molar-refractivity contribution in [3.8, 4) is 5.88 Å². The van der Waals surface area contributed by atoms with Crippen LogP contribution in [0.1, 0.15) is 58.7 Å². The molecule has 0 radical (unpaired) electrons. The van der Waals surface area contributed by atoms with E-state index < -0.39 is 10.5 Å². The lowest BCUT2D eigenvalue weighted by Gasteiger charge is -2.33. The van der Waals surface area contributed by atoms with Crippen molar-refractivity contribution in [3.05, 3.63) is 32.3 Å². The summed E-state index contributed by atoms with van der Waals surface area (Å²) in [6, 6.07) is -0.210. The fourth-order valence-electron chi connectivity index (χ4n) is 3.85. The first-order valence-electron chi connectivity index (χ1n) is 11.6. The van der Waals surface area contributed by atoms with Crippen LogP contribution in [-0.4, -0.2) is 67.0 Å². The third-order valence-electron chi connectivity index (χ3n) is 5.62. The van der Waals surface area contributed by atoms with E-state index in [4.69, 9.17) is 32.7 Å². The van der Waals surface area contributed by atoms with Crippen LogP contribution in [0, 0.1) is 17.0 Å². The van der Waals surface area contributed by atoms with E-state index in [9.17, 15) is 14.9 Å². The van der Waals surface area contributed by atoms with E-state index in [0.29, 0.717) is 48.9 Å². The average molecular weight is 544 g/mol. The Morgan fingerprint density at radius 3 is 2.61 bits per heavy atom. The Balaban J connectivity index is 1.61. The van der Waals surface area contributed by atoms with Crippen LogP contribution in [0.4, 0.5) is 16.3 Å². The zero-order chi connectivity index (χ0) is 26.6. The molecule has 1 atom stereocenters. The molecule has 2 aromatic rings. The highest BCUT2D eigenvalue weighted by molar-refractivity contribution is 6.33. The topological polar surface area (TPSA) is 138 Å². The maximum absolute atomic E-state index is 12.3. The molecule has 1 aliphatic rings. The second-order valence-electron chi connectivity index (χ2n) is 9.66. The van der Waals surface area contributed by atoms with Gasteiger partial charge in [-0.05, 0) is 59.1 Å². The van der Waals surface area contributed by atoms with Gasteiger partial charge >= 0.3 is 17.7 Å². The quantitative estimate of drug-likeness (QED) is 0.275. The third kappa shape index (κ3) is 7.10. The van der Waals surface area contributed by atoms with Gasteiger partial charge in [0, 0.05) is 25.6 Å². The van der Waals surface area contributed by atoms with Gasteiger partial charge in [0.2, 0.25) is 5.28 Å². The van der Waals surface area contributed by atoms with E-state index in [1.54, 1.807) is 16.5 Å². The first-order chi connectivity index (χ1) is 16.9. The van der Waals surface area contributed by atoms with Gasteiger partial charge in [0.1, 0.15) is 22.1 Å². The molecule has 0 aliphatic carbocycles. The third-order valence-corrected chi connectivity index (χ3v) is 6.08. The summed E-state index contributed by atoms with van der Waals surface area (Å²) in [5, 5.41) is 19.7. The molecule has 198 valence electrons. The predicted octanol–water partition coefficient (Wildman–Crippen LogP) is 5.04. The number of rotatable bonds is 8. The molecule has 3 heterocycles. The maximum atomic E-state index is 12.3. The SMILES string of the molecule is Cc1c([N+](=O)[O-])c(OCC[C@@H](C)Nc2nc(Cl)ncc2Cl)nn1C1CCN(C(=O)OC(C)(C)C)CC1. The van der Waals surface area contributed by atoms with Crippen LogP contribution >= 0.6 is 23.2 Å². The summed E-state index contributed by atoms with van der Waals surface area (Å²) in [6.07, 6.45) is 2.74. The van der Waals surface area contributed by atoms with Crippen molar-refractivity contribution >= 4 is 40.8 Å². The highest BCUT2D eigenvalue weighted by Gasteiger charge is 2.33. The number of nitro groups is 1. The number of amides is 1. The summed E-state index contributed by atoms with van der Waals surface area (Å²) in [5.74, 6) is 0.371. The minimum atomic E-state index is -0.569. The van der Waals surface area contributed by atoms with Gasteiger partial charge in [-0.25, -0.2) is 9.78 Å². The van der Waals surface area contributed by atoms with Crippen LogP contribution in [0.3, 0.4) is 0 Å². The molecule has 1 fully saturated rings. The number of nitrogens with one attached hydrogen (secondary N) is 1. The fraction of sp³-hybridized carbons (Fsp3) is 0.636. The van der Waals surface area contributed by atoms with Gasteiger partial charge in [0.05, 0.1) is 23.8 Å².